The molecule has 0 radical (unpaired) electrons. The lowest BCUT2D eigenvalue weighted by Gasteiger charge is -2.33. The molecule has 0 aliphatic carbocycles. The van der Waals surface area contributed by atoms with Crippen molar-refractivity contribution >= 4 is 5.84 Å². The minimum atomic E-state index is -0.402. The van der Waals surface area contributed by atoms with E-state index in [0.717, 1.165) is 12.1 Å². The molecule has 104 valence electrons. The van der Waals surface area contributed by atoms with Crippen LogP contribution in [0.25, 0.3) is 0 Å². The number of rotatable bonds is 3. The highest BCUT2D eigenvalue weighted by atomic mass is 19.1. The van der Waals surface area contributed by atoms with Gasteiger partial charge in [0.05, 0.1) is 13.2 Å². The van der Waals surface area contributed by atoms with Crippen molar-refractivity contribution in [1.29, 1.82) is 0 Å². The Morgan fingerprint density at radius 1 is 1.63 bits per heavy atom. The predicted octanol–water partition coefficient (Wildman–Crippen LogP) is 1.14. The summed E-state index contributed by atoms with van der Waals surface area (Å²) in [6.07, 6.45) is 0. The molecule has 6 heteroatoms. The number of halogens is 1. The number of hydrogen-bond donors (Lipinski definition) is 2. The number of oxime groups is 1. The molecule has 1 aliphatic rings. The van der Waals surface area contributed by atoms with Gasteiger partial charge in [0.1, 0.15) is 5.82 Å². The number of benzene rings is 1. The second-order valence-corrected chi connectivity index (χ2v) is 4.68. The molecular formula is C13H18FN3O2. The Labute approximate surface area is 111 Å². The first-order valence-electron chi connectivity index (χ1n) is 6.20. The van der Waals surface area contributed by atoms with Crippen LogP contribution in [-0.4, -0.2) is 41.7 Å². The summed E-state index contributed by atoms with van der Waals surface area (Å²) in [6.45, 7) is 4.88. The van der Waals surface area contributed by atoms with Crippen LogP contribution in [0.4, 0.5) is 4.39 Å². The molecule has 0 bridgehead atoms. The summed E-state index contributed by atoms with van der Waals surface area (Å²) in [5, 5.41) is 11.7. The van der Waals surface area contributed by atoms with Gasteiger partial charge in [-0.1, -0.05) is 11.2 Å². The Morgan fingerprint density at radius 2 is 2.42 bits per heavy atom. The molecule has 0 spiro atoms. The van der Waals surface area contributed by atoms with Crippen LogP contribution in [-0.2, 0) is 11.3 Å². The van der Waals surface area contributed by atoms with Crippen LogP contribution in [0, 0.1) is 5.82 Å². The molecule has 0 saturated carbocycles. The summed E-state index contributed by atoms with van der Waals surface area (Å²) < 4.78 is 18.7. The molecule has 1 fully saturated rings. The maximum Gasteiger partial charge on any atom is 0.170 e. The summed E-state index contributed by atoms with van der Waals surface area (Å²) in [4.78, 5) is 2.23. The zero-order chi connectivity index (χ0) is 13.8. The van der Waals surface area contributed by atoms with Gasteiger partial charge in [0, 0.05) is 24.7 Å². The first kappa shape index (κ1) is 13.8. The number of hydrogen-bond acceptors (Lipinski definition) is 4. The smallest absolute Gasteiger partial charge is 0.170 e. The second kappa shape index (κ2) is 5.99. The van der Waals surface area contributed by atoms with E-state index in [0.29, 0.717) is 31.4 Å². The molecule has 1 heterocycles. The monoisotopic (exact) mass is 267 g/mol. The summed E-state index contributed by atoms with van der Waals surface area (Å²) in [5.41, 5.74) is 6.86. The van der Waals surface area contributed by atoms with Crippen LogP contribution < -0.4 is 5.73 Å². The fraction of sp³-hybridized carbons (Fsp3) is 0.462. The zero-order valence-electron chi connectivity index (χ0n) is 10.8. The minimum absolute atomic E-state index is 0.0737. The van der Waals surface area contributed by atoms with Crippen molar-refractivity contribution in [3.63, 3.8) is 0 Å². The number of nitrogens with two attached hydrogens (primary N) is 1. The van der Waals surface area contributed by atoms with Gasteiger partial charge in [0.15, 0.2) is 5.84 Å². The highest BCUT2D eigenvalue weighted by molar-refractivity contribution is 5.98. The fourth-order valence-electron chi connectivity index (χ4n) is 2.19. The Morgan fingerprint density at radius 3 is 3.11 bits per heavy atom. The Kier molecular flexibility index (Phi) is 4.34. The lowest BCUT2D eigenvalue weighted by Crippen LogP contribution is -2.43. The van der Waals surface area contributed by atoms with Gasteiger partial charge in [0.2, 0.25) is 0 Å². The molecule has 1 aromatic carbocycles. The predicted molar refractivity (Wildman–Crippen MR) is 69.6 cm³/mol. The molecule has 1 atom stereocenters. The maximum atomic E-state index is 13.3. The molecule has 19 heavy (non-hydrogen) atoms. The zero-order valence-corrected chi connectivity index (χ0v) is 10.8. The standard InChI is InChI=1S/C13H18FN3O2/c1-9-8-19-5-4-17(9)7-10-2-3-11(14)6-12(10)13(15)16-18/h2-3,6,9,18H,4-5,7-8H2,1H3,(H2,15,16). The van der Waals surface area contributed by atoms with Gasteiger partial charge in [0.25, 0.3) is 0 Å². The largest absolute Gasteiger partial charge is 0.409 e. The lowest BCUT2D eigenvalue weighted by molar-refractivity contribution is -0.00440. The molecular weight excluding hydrogens is 249 g/mol. The van der Waals surface area contributed by atoms with Crippen molar-refractivity contribution in [3.05, 3.63) is 35.1 Å². The average Bonchev–Trinajstić information content (AvgIpc) is 2.42. The topological polar surface area (TPSA) is 71.1 Å². The molecule has 1 aromatic rings. The molecule has 3 N–H and O–H groups in total. The SMILES string of the molecule is CC1COCCN1Cc1ccc(F)cc1C(N)=NO. The van der Waals surface area contributed by atoms with Crippen molar-refractivity contribution in [2.24, 2.45) is 10.9 Å². The van der Waals surface area contributed by atoms with Crippen molar-refractivity contribution < 1.29 is 14.3 Å². The van der Waals surface area contributed by atoms with Crippen LogP contribution in [0.15, 0.2) is 23.4 Å². The van der Waals surface area contributed by atoms with Crippen molar-refractivity contribution in [2.75, 3.05) is 19.8 Å². The Hall–Kier alpha value is -1.66. The van der Waals surface area contributed by atoms with E-state index in [-0.39, 0.29) is 5.84 Å². The quantitative estimate of drug-likeness (QED) is 0.373. The van der Waals surface area contributed by atoms with E-state index in [1.54, 1.807) is 6.07 Å². The molecule has 1 saturated heterocycles. The summed E-state index contributed by atoms with van der Waals surface area (Å²) in [5.74, 6) is -0.476. The van der Waals surface area contributed by atoms with Crippen LogP contribution in [0.3, 0.4) is 0 Å². The number of morpholine rings is 1. The number of amidine groups is 1. The van der Waals surface area contributed by atoms with Gasteiger partial charge in [-0.25, -0.2) is 4.39 Å². The Balaban J connectivity index is 2.24. The second-order valence-electron chi connectivity index (χ2n) is 4.68. The van der Waals surface area contributed by atoms with E-state index in [1.165, 1.54) is 12.1 Å². The van der Waals surface area contributed by atoms with E-state index < -0.39 is 5.82 Å². The highest BCUT2D eigenvalue weighted by Crippen LogP contribution is 2.17. The third-order valence-electron chi connectivity index (χ3n) is 3.33. The van der Waals surface area contributed by atoms with E-state index in [2.05, 4.69) is 17.0 Å². The first-order chi connectivity index (χ1) is 9.11. The third-order valence-corrected chi connectivity index (χ3v) is 3.33. The summed E-state index contributed by atoms with van der Waals surface area (Å²) in [6, 6.07) is 4.63. The molecule has 2 rings (SSSR count). The van der Waals surface area contributed by atoms with Crippen LogP contribution in [0.5, 0.6) is 0 Å². The van der Waals surface area contributed by atoms with Gasteiger partial charge in [-0.05, 0) is 24.6 Å². The molecule has 1 unspecified atom stereocenters. The molecule has 0 aromatic heterocycles. The normalized spacial score (nSPS) is 21.6. The maximum absolute atomic E-state index is 13.3. The van der Waals surface area contributed by atoms with Crippen molar-refractivity contribution in [1.82, 2.24) is 4.90 Å². The summed E-state index contributed by atoms with van der Waals surface area (Å²) >= 11 is 0. The van der Waals surface area contributed by atoms with Gasteiger partial charge in [-0.3, -0.25) is 4.90 Å². The average molecular weight is 267 g/mol. The minimum Gasteiger partial charge on any atom is -0.409 e. The van der Waals surface area contributed by atoms with E-state index in [4.69, 9.17) is 15.7 Å². The molecule has 5 nitrogen and oxygen atoms in total. The van der Waals surface area contributed by atoms with E-state index in [1.807, 2.05) is 0 Å². The van der Waals surface area contributed by atoms with Crippen LogP contribution in [0.1, 0.15) is 18.1 Å². The van der Waals surface area contributed by atoms with Gasteiger partial charge in [-0.15, -0.1) is 0 Å². The van der Waals surface area contributed by atoms with E-state index >= 15 is 0 Å². The molecule has 1 aliphatic heterocycles. The summed E-state index contributed by atoms with van der Waals surface area (Å²) in [7, 11) is 0. The highest BCUT2D eigenvalue weighted by Gasteiger charge is 2.20. The van der Waals surface area contributed by atoms with Crippen LogP contribution >= 0.6 is 0 Å². The lowest BCUT2D eigenvalue weighted by atomic mass is 10.0. The van der Waals surface area contributed by atoms with Crippen LogP contribution in [0.2, 0.25) is 0 Å². The van der Waals surface area contributed by atoms with Crippen molar-refractivity contribution in [2.45, 2.75) is 19.5 Å². The van der Waals surface area contributed by atoms with E-state index in [9.17, 15) is 4.39 Å². The number of ether oxygens (including phenoxy) is 1. The van der Waals surface area contributed by atoms with Gasteiger partial charge in [-0.2, -0.15) is 0 Å². The molecule has 0 amide bonds. The van der Waals surface area contributed by atoms with Gasteiger partial charge < -0.3 is 15.7 Å². The van der Waals surface area contributed by atoms with Crippen molar-refractivity contribution in [3.8, 4) is 0 Å². The third kappa shape index (κ3) is 3.21. The fourth-order valence-corrected chi connectivity index (χ4v) is 2.19. The van der Waals surface area contributed by atoms with Gasteiger partial charge >= 0.3 is 0 Å². The number of nitrogens with zero attached hydrogens (tertiary/aromatic N) is 2. The first-order valence-corrected chi connectivity index (χ1v) is 6.20. The Bertz CT molecular complexity index is 479.